The van der Waals surface area contributed by atoms with Crippen molar-refractivity contribution in [1.29, 1.82) is 0 Å². The van der Waals surface area contributed by atoms with Gasteiger partial charge in [0.1, 0.15) is 0 Å². The SMILES string of the molecule is CCCCc1c(CCCC)n(-c2ccccc2C)[nH]c1=O. The summed E-state index contributed by atoms with van der Waals surface area (Å²) >= 11 is 0. The van der Waals surface area contributed by atoms with E-state index in [4.69, 9.17) is 0 Å². The van der Waals surface area contributed by atoms with E-state index >= 15 is 0 Å². The molecule has 1 heterocycles. The highest BCUT2D eigenvalue weighted by atomic mass is 16.1. The largest absolute Gasteiger partial charge is 0.268 e. The maximum absolute atomic E-state index is 12.3. The van der Waals surface area contributed by atoms with Crippen molar-refractivity contribution < 1.29 is 0 Å². The minimum Gasteiger partial charge on any atom is -0.268 e. The number of aromatic amines is 1. The summed E-state index contributed by atoms with van der Waals surface area (Å²) in [5, 5.41) is 3.05. The molecule has 2 rings (SSSR count). The number of hydrogen-bond donors (Lipinski definition) is 1. The van der Waals surface area contributed by atoms with Gasteiger partial charge in [-0.3, -0.25) is 14.6 Å². The van der Waals surface area contributed by atoms with E-state index in [-0.39, 0.29) is 5.56 Å². The standard InChI is InChI=1S/C18H26N2O/c1-4-6-11-15-17(12-7-5-2)20(19-18(15)21)16-13-9-8-10-14(16)3/h8-10,13H,4-7,11-12H2,1-3H3,(H,19,21). The van der Waals surface area contributed by atoms with E-state index in [2.05, 4.69) is 38.0 Å². The summed E-state index contributed by atoms with van der Waals surface area (Å²) in [6.07, 6.45) is 6.28. The molecule has 0 aliphatic heterocycles. The van der Waals surface area contributed by atoms with Crippen LogP contribution in [0.4, 0.5) is 0 Å². The molecule has 0 aliphatic rings. The van der Waals surface area contributed by atoms with Crippen LogP contribution in [0.5, 0.6) is 0 Å². The molecule has 1 N–H and O–H groups in total. The minimum absolute atomic E-state index is 0.0813. The Labute approximate surface area is 127 Å². The predicted octanol–water partition coefficient (Wildman–Crippen LogP) is 4.16. The summed E-state index contributed by atoms with van der Waals surface area (Å²) in [4.78, 5) is 12.3. The van der Waals surface area contributed by atoms with Crippen molar-refractivity contribution >= 4 is 0 Å². The average molecular weight is 286 g/mol. The Morgan fingerprint density at radius 3 is 2.38 bits per heavy atom. The van der Waals surface area contributed by atoms with E-state index in [1.165, 1.54) is 11.3 Å². The molecule has 2 aromatic rings. The van der Waals surface area contributed by atoms with Gasteiger partial charge in [0.25, 0.3) is 5.56 Å². The van der Waals surface area contributed by atoms with E-state index in [9.17, 15) is 4.79 Å². The van der Waals surface area contributed by atoms with Crippen molar-refractivity contribution in [3.05, 3.63) is 51.4 Å². The normalized spacial score (nSPS) is 11.0. The fourth-order valence-corrected chi connectivity index (χ4v) is 2.74. The maximum atomic E-state index is 12.3. The summed E-state index contributed by atoms with van der Waals surface area (Å²) in [5.41, 5.74) is 4.50. The van der Waals surface area contributed by atoms with Crippen LogP contribution in [-0.2, 0) is 12.8 Å². The van der Waals surface area contributed by atoms with E-state index in [1.807, 2.05) is 16.8 Å². The smallest absolute Gasteiger partial charge is 0.267 e. The number of hydrogen-bond acceptors (Lipinski definition) is 1. The molecule has 114 valence electrons. The van der Waals surface area contributed by atoms with E-state index in [1.54, 1.807) is 0 Å². The van der Waals surface area contributed by atoms with E-state index in [0.717, 1.165) is 49.8 Å². The van der Waals surface area contributed by atoms with Crippen molar-refractivity contribution in [1.82, 2.24) is 9.78 Å². The molecular formula is C18H26N2O. The molecule has 0 amide bonds. The van der Waals surface area contributed by atoms with Crippen LogP contribution >= 0.6 is 0 Å². The van der Waals surface area contributed by atoms with Gasteiger partial charge in [-0.05, 0) is 44.2 Å². The zero-order valence-corrected chi connectivity index (χ0v) is 13.4. The average Bonchev–Trinajstić information content (AvgIpc) is 2.79. The molecule has 0 radical (unpaired) electrons. The van der Waals surface area contributed by atoms with Crippen molar-refractivity contribution in [3.8, 4) is 5.69 Å². The molecule has 0 unspecified atom stereocenters. The fourth-order valence-electron chi connectivity index (χ4n) is 2.74. The number of para-hydroxylation sites is 1. The zero-order chi connectivity index (χ0) is 15.2. The van der Waals surface area contributed by atoms with Crippen LogP contribution in [0.25, 0.3) is 5.69 Å². The molecule has 0 atom stereocenters. The van der Waals surface area contributed by atoms with Crippen molar-refractivity contribution in [2.75, 3.05) is 0 Å². The van der Waals surface area contributed by atoms with Crippen LogP contribution in [0.1, 0.15) is 56.4 Å². The summed E-state index contributed by atoms with van der Waals surface area (Å²) < 4.78 is 2.01. The second-order valence-corrected chi connectivity index (χ2v) is 5.70. The Balaban J connectivity index is 2.49. The first-order chi connectivity index (χ1) is 10.2. The van der Waals surface area contributed by atoms with Crippen LogP contribution in [-0.4, -0.2) is 9.78 Å². The Morgan fingerprint density at radius 1 is 1.05 bits per heavy atom. The Bertz CT molecular complexity index is 637. The molecule has 0 saturated carbocycles. The van der Waals surface area contributed by atoms with Gasteiger partial charge in [0, 0.05) is 11.3 Å². The quantitative estimate of drug-likeness (QED) is 0.815. The molecule has 21 heavy (non-hydrogen) atoms. The summed E-state index contributed by atoms with van der Waals surface area (Å²) in [5.74, 6) is 0. The van der Waals surface area contributed by atoms with Gasteiger partial charge in [0.15, 0.2) is 0 Å². The monoisotopic (exact) mass is 286 g/mol. The summed E-state index contributed by atoms with van der Waals surface area (Å²) in [7, 11) is 0. The number of nitrogens with one attached hydrogen (secondary N) is 1. The minimum atomic E-state index is 0.0813. The Morgan fingerprint density at radius 2 is 1.71 bits per heavy atom. The second kappa shape index (κ2) is 7.30. The lowest BCUT2D eigenvalue weighted by Crippen LogP contribution is -2.07. The zero-order valence-electron chi connectivity index (χ0n) is 13.4. The van der Waals surface area contributed by atoms with Crippen molar-refractivity contribution in [2.45, 2.75) is 59.3 Å². The lowest BCUT2D eigenvalue weighted by atomic mass is 10.0. The first-order valence-corrected chi connectivity index (χ1v) is 8.07. The van der Waals surface area contributed by atoms with Crippen LogP contribution in [0.15, 0.2) is 29.1 Å². The molecule has 0 bridgehead atoms. The number of benzene rings is 1. The van der Waals surface area contributed by atoms with Gasteiger partial charge in [-0.2, -0.15) is 0 Å². The molecule has 1 aromatic heterocycles. The van der Waals surface area contributed by atoms with Crippen molar-refractivity contribution in [3.63, 3.8) is 0 Å². The van der Waals surface area contributed by atoms with Crippen LogP contribution < -0.4 is 5.56 Å². The number of rotatable bonds is 7. The van der Waals surface area contributed by atoms with Crippen LogP contribution in [0, 0.1) is 6.92 Å². The Hall–Kier alpha value is -1.77. The summed E-state index contributed by atoms with van der Waals surface area (Å²) in [6.45, 7) is 6.44. The van der Waals surface area contributed by atoms with Gasteiger partial charge in [-0.25, -0.2) is 0 Å². The fraction of sp³-hybridized carbons (Fsp3) is 0.500. The van der Waals surface area contributed by atoms with Gasteiger partial charge >= 0.3 is 0 Å². The lowest BCUT2D eigenvalue weighted by Gasteiger charge is -2.12. The van der Waals surface area contributed by atoms with Crippen LogP contribution in [0.3, 0.4) is 0 Å². The number of unbranched alkanes of at least 4 members (excludes halogenated alkanes) is 2. The Kier molecular flexibility index (Phi) is 5.43. The van der Waals surface area contributed by atoms with Gasteiger partial charge < -0.3 is 0 Å². The van der Waals surface area contributed by atoms with Gasteiger partial charge in [-0.1, -0.05) is 44.9 Å². The first kappa shape index (κ1) is 15.6. The molecule has 0 saturated heterocycles. The third-order valence-corrected chi connectivity index (χ3v) is 4.01. The van der Waals surface area contributed by atoms with Crippen LogP contribution in [0.2, 0.25) is 0 Å². The van der Waals surface area contributed by atoms with E-state index in [0.29, 0.717) is 0 Å². The number of nitrogens with zero attached hydrogens (tertiary/aromatic N) is 1. The third kappa shape index (κ3) is 3.46. The molecule has 3 heteroatoms. The van der Waals surface area contributed by atoms with Crippen molar-refractivity contribution in [2.24, 2.45) is 0 Å². The highest BCUT2D eigenvalue weighted by Gasteiger charge is 2.15. The first-order valence-electron chi connectivity index (χ1n) is 8.07. The van der Waals surface area contributed by atoms with Gasteiger partial charge in [0.05, 0.1) is 5.69 Å². The molecular weight excluding hydrogens is 260 g/mol. The maximum Gasteiger partial charge on any atom is 0.267 e. The highest BCUT2D eigenvalue weighted by molar-refractivity contribution is 5.42. The molecule has 0 aliphatic carbocycles. The number of H-pyrrole nitrogens is 1. The predicted molar refractivity (Wildman–Crippen MR) is 88.4 cm³/mol. The lowest BCUT2D eigenvalue weighted by molar-refractivity contribution is 0.712. The van der Waals surface area contributed by atoms with Gasteiger partial charge in [-0.15, -0.1) is 0 Å². The molecule has 0 spiro atoms. The second-order valence-electron chi connectivity index (χ2n) is 5.70. The topological polar surface area (TPSA) is 37.8 Å². The summed E-state index contributed by atoms with van der Waals surface area (Å²) in [6, 6.07) is 8.22. The van der Waals surface area contributed by atoms with Gasteiger partial charge in [0.2, 0.25) is 0 Å². The number of aromatic nitrogens is 2. The molecule has 1 aromatic carbocycles. The number of aryl methyl sites for hydroxylation is 1. The molecule has 0 fully saturated rings. The third-order valence-electron chi connectivity index (χ3n) is 4.01. The van der Waals surface area contributed by atoms with E-state index < -0.39 is 0 Å². The molecule has 3 nitrogen and oxygen atoms in total. The highest BCUT2D eigenvalue weighted by Crippen LogP contribution is 2.19.